The van der Waals surface area contributed by atoms with Crippen LogP contribution in [0.4, 0.5) is 0 Å². The lowest BCUT2D eigenvalue weighted by molar-refractivity contribution is -0.141. The van der Waals surface area contributed by atoms with Gasteiger partial charge in [0.25, 0.3) is 0 Å². The Bertz CT molecular complexity index is 298. The summed E-state index contributed by atoms with van der Waals surface area (Å²) in [6.45, 7) is 5.49. The second-order valence-electron chi connectivity index (χ2n) is 3.36. The topological polar surface area (TPSA) is 66.0 Å². The van der Waals surface area contributed by atoms with Crippen LogP contribution in [0.15, 0.2) is 0 Å². The summed E-state index contributed by atoms with van der Waals surface area (Å²) in [6, 6.07) is 0. The van der Waals surface area contributed by atoms with Crippen LogP contribution in [0.3, 0.4) is 0 Å². The van der Waals surface area contributed by atoms with Crippen LogP contribution in [0.5, 0.6) is 0 Å². The van der Waals surface area contributed by atoms with Crippen LogP contribution in [0.25, 0.3) is 0 Å². The zero-order chi connectivity index (χ0) is 10.0. The molecule has 0 aliphatic carbocycles. The number of rotatable bonds is 3. The van der Waals surface area contributed by atoms with E-state index in [-0.39, 0.29) is 5.92 Å². The van der Waals surface area contributed by atoms with Crippen LogP contribution in [-0.4, -0.2) is 21.3 Å². The Morgan fingerprint density at radius 3 is 2.62 bits per heavy atom. The molecule has 13 heavy (non-hydrogen) atoms. The van der Waals surface area contributed by atoms with Gasteiger partial charge in [-0.2, -0.15) is 5.10 Å². The second-order valence-corrected chi connectivity index (χ2v) is 3.36. The number of aryl methyl sites for hydroxylation is 2. The Kier molecular flexibility index (Phi) is 2.70. The molecule has 0 aliphatic rings. The fourth-order valence-electron chi connectivity index (χ4n) is 1.27. The Morgan fingerprint density at radius 1 is 1.62 bits per heavy atom. The van der Waals surface area contributed by atoms with Gasteiger partial charge in [0.05, 0.1) is 11.6 Å². The SMILES string of the molecule is Cc1n[nH]c(C)c1C[C@@H](C)C(=O)O. The summed E-state index contributed by atoms with van der Waals surface area (Å²) in [5.41, 5.74) is 2.88. The van der Waals surface area contributed by atoms with Crippen molar-refractivity contribution in [2.45, 2.75) is 27.2 Å². The van der Waals surface area contributed by atoms with E-state index in [1.807, 2.05) is 13.8 Å². The number of carboxylic acids is 1. The highest BCUT2D eigenvalue weighted by molar-refractivity contribution is 5.70. The van der Waals surface area contributed by atoms with Crippen LogP contribution in [0.2, 0.25) is 0 Å². The van der Waals surface area contributed by atoms with Crippen molar-refractivity contribution in [3.8, 4) is 0 Å². The van der Waals surface area contributed by atoms with Gasteiger partial charge in [0.2, 0.25) is 0 Å². The Morgan fingerprint density at radius 2 is 2.23 bits per heavy atom. The Labute approximate surface area is 77.0 Å². The summed E-state index contributed by atoms with van der Waals surface area (Å²) in [7, 11) is 0. The number of hydrogen-bond acceptors (Lipinski definition) is 2. The molecule has 1 heterocycles. The quantitative estimate of drug-likeness (QED) is 0.740. The highest BCUT2D eigenvalue weighted by Gasteiger charge is 2.15. The minimum Gasteiger partial charge on any atom is -0.481 e. The van der Waals surface area contributed by atoms with Gasteiger partial charge in [-0.15, -0.1) is 0 Å². The molecule has 0 bridgehead atoms. The molecule has 0 aromatic carbocycles. The van der Waals surface area contributed by atoms with Crippen LogP contribution in [0, 0.1) is 19.8 Å². The summed E-state index contributed by atoms with van der Waals surface area (Å²) < 4.78 is 0. The van der Waals surface area contributed by atoms with E-state index in [0.29, 0.717) is 6.42 Å². The van der Waals surface area contributed by atoms with E-state index < -0.39 is 5.97 Å². The zero-order valence-corrected chi connectivity index (χ0v) is 8.09. The minimum atomic E-state index is -0.764. The molecule has 2 N–H and O–H groups in total. The zero-order valence-electron chi connectivity index (χ0n) is 8.09. The molecule has 0 saturated heterocycles. The molecular weight excluding hydrogens is 168 g/mol. The molecule has 0 radical (unpaired) electrons. The lowest BCUT2D eigenvalue weighted by atomic mass is 10.00. The monoisotopic (exact) mass is 182 g/mol. The van der Waals surface area contributed by atoms with E-state index >= 15 is 0 Å². The number of hydrogen-bond donors (Lipinski definition) is 2. The molecule has 4 heteroatoms. The highest BCUT2D eigenvalue weighted by atomic mass is 16.4. The van der Waals surface area contributed by atoms with Gasteiger partial charge in [0.15, 0.2) is 0 Å². The first kappa shape index (κ1) is 9.77. The smallest absolute Gasteiger partial charge is 0.306 e. The number of carboxylic acid groups (broad SMARTS) is 1. The second kappa shape index (κ2) is 3.60. The van der Waals surface area contributed by atoms with Crippen molar-refractivity contribution in [3.63, 3.8) is 0 Å². The number of aliphatic carboxylic acids is 1. The molecule has 0 spiro atoms. The molecule has 4 nitrogen and oxygen atoms in total. The van der Waals surface area contributed by atoms with Crippen molar-refractivity contribution < 1.29 is 9.90 Å². The number of aromatic nitrogens is 2. The Balaban J connectivity index is 2.79. The van der Waals surface area contributed by atoms with E-state index in [1.54, 1.807) is 6.92 Å². The highest BCUT2D eigenvalue weighted by Crippen LogP contribution is 2.14. The molecule has 0 saturated carbocycles. The normalized spacial score (nSPS) is 12.8. The van der Waals surface area contributed by atoms with Crippen LogP contribution in [-0.2, 0) is 11.2 Å². The number of nitrogens with one attached hydrogen (secondary N) is 1. The number of nitrogens with zero attached hydrogens (tertiary/aromatic N) is 1. The third-order valence-corrected chi connectivity index (χ3v) is 2.21. The minimum absolute atomic E-state index is 0.352. The first-order chi connectivity index (χ1) is 6.02. The molecule has 0 unspecified atom stereocenters. The molecule has 0 amide bonds. The third-order valence-electron chi connectivity index (χ3n) is 2.21. The predicted octanol–water partition coefficient (Wildman–Crippen LogP) is 1.29. The predicted molar refractivity (Wildman–Crippen MR) is 48.6 cm³/mol. The lowest BCUT2D eigenvalue weighted by Gasteiger charge is -2.05. The molecule has 1 rings (SSSR count). The van der Waals surface area contributed by atoms with Crippen LogP contribution in [0.1, 0.15) is 23.9 Å². The fraction of sp³-hybridized carbons (Fsp3) is 0.556. The average Bonchev–Trinajstić information content (AvgIpc) is 2.35. The maximum atomic E-state index is 10.6. The van der Waals surface area contributed by atoms with Gasteiger partial charge in [-0.25, -0.2) is 0 Å². The number of H-pyrrole nitrogens is 1. The van der Waals surface area contributed by atoms with Crippen molar-refractivity contribution in [2.24, 2.45) is 5.92 Å². The van der Waals surface area contributed by atoms with Gasteiger partial charge < -0.3 is 5.11 Å². The van der Waals surface area contributed by atoms with Gasteiger partial charge in [-0.05, 0) is 25.8 Å². The lowest BCUT2D eigenvalue weighted by Crippen LogP contribution is -2.13. The maximum absolute atomic E-state index is 10.6. The largest absolute Gasteiger partial charge is 0.481 e. The van der Waals surface area contributed by atoms with Gasteiger partial charge >= 0.3 is 5.97 Å². The van der Waals surface area contributed by atoms with Gasteiger partial charge in [0, 0.05) is 5.69 Å². The maximum Gasteiger partial charge on any atom is 0.306 e. The van der Waals surface area contributed by atoms with Crippen LogP contribution >= 0.6 is 0 Å². The van der Waals surface area contributed by atoms with Gasteiger partial charge in [0.1, 0.15) is 0 Å². The van der Waals surface area contributed by atoms with Crippen molar-refractivity contribution in [1.29, 1.82) is 0 Å². The first-order valence-corrected chi connectivity index (χ1v) is 4.25. The van der Waals surface area contributed by atoms with Gasteiger partial charge in [-0.3, -0.25) is 9.89 Å². The number of aromatic amines is 1. The molecule has 1 atom stereocenters. The van der Waals surface area contributed by atoms with Crippen molar-refractivity contribution in [3.05, 3.63) is 17.0 Å². The number of carbonyl (C=O) groups is 1. The molecule has 72 valence electrons. The molecule has 1 aromatic rings. The van der Waals surface area contributed by atoms with Crippen molar-refractivity contribution in [1.82, 2.24) is 10.2 Å². The molecule has 0 aliphatic heterocycles. The van der Waals surface area contributed by atoms with Crippen LogP contribution < -0.4 is 0 Å². The summed E-state index contributed by atoms with van der Waals surface area (Å²) in [5.74, 6) is -1.12. The summed E-state index contributed by atoms with van der Waals surface area (Å²) >= 11 is 0. The molecule has 0 fully saturated rings. The molecule has 1 aromatic heterocycles. The Hall–Kier alpha value is -1.32. The van der Waals surface area contributed by atoms with Crippen molar-refractivity contribution in [2.75, 3.05) is 0 Å². The van der Waals surface area contributed by atoms with Crippen molar-refractivity contribution >= 4 is 5.97 Å². The summed E-state index contributed by atoms with van der Waals surface area (Å²) in [6.07, 6.45) is 0.545. The molecular formula is C9H14N2O2. The summed E-state index contributed by atoms with van der Waals surface area (Å²) in [4.78, 5) is 10.6. The average molecular weight is 182 g/mol. The standard InChI is InChI=1S/C9H14N2O2/c1-5(9(12)13)4-8-6(2)10-11-7(8)3/h5H,4H2,1-3H3,(H,10,11)(H,12,13)/t5-/m1/s1. The summed E-state index contributed by atoms with van der Waals surface area (Å²) in [5, 5.41) is 15.6. The van der Waals surface area contributed by atoms with E-state index in [0.717, 1.165) is 17.0 Å². The third kappa shape index (κ3) is 2.08. The van der Waals surface area contributed by atoms with E-state index in [9.17, 15) is 4.79 Å². The first-order valence-electron chi connectivity index (χ1n) is 4.25. The van der Waals surface area contributed by atoms with E-state index in [2.05, 4.69) is 10.2 Å². The van der Waals surface area contributed by atoms with E-state index in [4.69, 9.17) is 5.11 Å². The fourth-order valence-corrected chi connectivity index (χ4v) is 1.27. The van der Waals surface area contributed by atoms with Gasteiger partial charge in [-0.1, -0.05) is 6.92 Å². The van der Waals surface area contributed by atoms with E-state index in [1.165, 1.54) is 0 Å².